The van der Waals surface area contributed by atoms with E-state index in [2.05, 4.69) is 39.8 Å². The van der Waals surface area contributed by atoms with Crippen molar-refractivity contribution in [3.05, 3.63) is 0 Å². The summed E-state index contributed by atoms with van der Waals surface area (Å²) in [6.45, 7) is 6.88. The van der Waals surface area contributed by atoms with Gasteiger partial charge in [-0.2, -0.15) is 0 Å². The highest BCUT2D eigenvalue weighted by atomic mass is 15.1. The Kier molecular flexibility index (Phi) is 4.74. The number of nitrogens with zero attached hydrogens (tertiary/aromatic N) is 1. The SMILES string of the molecule is CCCC(C)(CCC)N(C)C. The molecule has 0 saturated heterocycles. The zero-order chi connectivity index (χ0) is 8.91. The van der Waals surface area contributed by atoms with Crippen molar-refractivity contribution in [1.29, 1.82) is 0 Å². The molecule has 0 spiro atoms. The molecular weight excluding hydrogens is 134 g/mol. The minimum absolute atomic E-state index is 0.434. The molecule has 0 aliphatic heterocycles. The van der Waals surface area contributed by atoms with Gasteiger partial charge in [0.25, 0.3) is 0 Å². The van der Waals surface area contributed by atoms with Gasteiger partial charge in [-0.3, -0.25) is 0 Å². The molecule has 0 atom stereocenters. The third-order valence-corrected chi connectivity index (χ3v) is 2.66. The van der Waals surface area contributed by atoms with Gasteiger partial charge in [-0.25, -0.2) is 0 Å². The van der Waals surface area contributed by atoms with Crippen LogP contribution in [0.2, 0.25) is 0 Å². The Bertz CT molecular complexity index is 91.0. The van der Waals surface area contributed by atoms with Crippen LogP contribution in [-0.4, -0.2) is 24.5 Å². The topological polar surface area (TPSA) is 3.24 Å². The molecule has 0 heterocycles. The zero-order valence-corrected chi connectivity index (χ0v) is 8.78. The van der Waals surface area contributed by atoms with Crippen LogP contribution in [0.15, 0.2) is 0 Å². The van der Waals surface area contributed by atoms with Gasteiger partial charge in [-0.15, -0.1) is 0 Å². The van der Waals surface area contributed by atoms with Gasteiger partial charge in [0.2, 0.25) is 0 Å². The summed E-state index contributed by atoms with van der Waals surface area (Å²) in [5.41, 5.74) is 0.434. The van der Waals surface area contributed by atoms with Crippen LogP contribution in [-0.2, 0) is 0 Å². The van der Waals surface area contributed by atoms with E-state index in [0.717, 1.165) is 0 Å². The molecule has 11 heavy (non-hydrogen) atoms. The molecule has 0 aromatic heterocycles. The summed E-state index contributed by atoms with van der Waals surface area (Å²) < 4.78 is 0. The standard InChI is InChI=1S/C10H23N/c1-6-8-10(3,9-7-2)11(4)5/h6-9H2,1-5H3. The van der Waals surface area contributed by atoms with E-state index in [4.69, 9.17) is 0 Å². The minimum atomic E-state index is 0.434. The Labute approximate surface area is 71.8 Å². The highest BCUT2D eigenvalue weighted by Crippen LogP contribution is 2.23. The van der Waals surface area contributed by atoms with Gasteiger partial charge in [0, 0.05) is 5.54 Å². The number of hydrogen-bond donors (Lipinski definition) is 0. The predicted molar refractivity (Wildman–Crippen MR) is 51.9 cm³/mol. The molecule has 0 aromatic rings. The molecule has 0 unspecified atom stereocenters. The van der Waals surface area contributed by atoms with E-state index in [1.165, 1.54) is 25.7 Å². The first kappa shape index (κ1) is 11.0. The summed E-state index contributed by atoms with van der Waals surface area (Å²) in [5.74, 6) is 0. The van der Waals surface area contributed by atoms with Gasteiger partial charge in [-0.05, 0) is 33.9 Å². The maximum Gasteiger partial charge on any atom is 0.0175 e. The number of rotatable bonds is 5. The van der Waals surface area contributed by atoms with Crippen LogP contribution in [0.25, 0.3) is 0 Å². The van der Waals surface area contributed by atoms with E-state index in [1.807, 2.05) is 0 Å². The third-order valence-electron chi connectivity index (χ3n) is 2.66. The van der Waals surface area contributed by atoms with Crippen LogP contribution in [0.1, 0.15) is 46.5 Å². The fourth-order valence-corrected chi connectivity index (χ4v) is 1.65. The Hall–Kier alpha value is -0.0400. The highest BCUT2D eigenvalue weighted by Gasteiger charge is 2.23. The van der Waals surface area contributed by atoms with Crippen molar-refractivity contribution >= 4 is 0 Å². The van der Waals surface area contributed by atoms with Crippen molar-refractivity contribution in [3.63, 3.8) is 0 Å². The fourth-order valence-electron chi connectivity index (χ4n) is 1.65. The third kappa shape index (κ3) is 3.24. The van der Waals surface area contributed by atoms with Crippen LogP contribution >= 0.6 is 0 Å². The maximum atomic E-state index is 2.36. The monoisotopic (exact) mass is 157 g/mol. The number of hydrogen-bond acceptors (Lipinski definition) is 1. The summed E-state index contributed by atoms with van der Waals surface area (Å²) in [5, 5.41) is 0. The smallest absolute Gasteiger partial charge is 0.0175 e. The molecule has 0 aliphatic carbocycles. The average molecular weight is 157 g/mol. The molecule has 68 valence electrons. The summed E-state index contributed by atoms with van der Waals surface area (Å²) in [6.07, 6.45) is 5.20. The Morgan fingerprint density at radius 1 is 1.00 bits per heavy atom. The Morgan fingerprint density at radius 3 is 1.55 bits per heavy atom. The quantitative estimate of drug-likeness (QED) is 0.593. The van der Waals surface area contributed by atoms with Gasteiger partial charge in [0.05, 0.1) is 0 Å². The highest BCUT2D eigenvalue weighted by molar-refractivity contribution is 4.81. The summed E-state index contributed by atoms with van der Waals surface area (Å²) in [6, 6.07) is 0. The minimum Gasteiger partial charge on any atom is -0.304 e. The lowest BCUT2D eigenvalue weighted by atomic mass is 9.90. The second kappa shape index (κ2) is 4.76. The molecule has 0 rings (SSSR count). The van der Waals surface area contributed by atoms with Crippen molar-refractivity contribution in [3.8, 4) is 0 Å². The first-order valence-electron chi connectivity index (χ1n) is 4.74. The molecule has 1 heteroatoms. The van der Waals surface area contributed by atoms with Gasteiger partial charge in [0.1, 0.15) is 0 Å². The van der Waals surface area contributed by atoms with E-state index in [-0.39, 0.29) is 0 Å². The van der Waals surface area contributed by atoms with Gasteiger partial charge < -0.3 is 4.90 Å². The molecule has 0 saturated carbocycles. The molecule has 0 radical (unpaired) electrons. The van der Waals surface area contributed by atoms with E-state index < -0.39 is 0 Å². The average Bonchev–Trinajstić information content (AvgIpc) is 1.88. The molecule has 0 aromatic carbocycles. The molecule has 0 aliphatic rings. The Balaban J connectivity index is 4.01. The summed E-state index contributed by atoms with van der Waals surface area (Å²) in [7, 11) is 4.37. The van der Waals surface area contributed by atoms with Crippen LogP contribution in [0.5, 0.6) is 0 Å². The predicted octanol–water partition coefficient (Wildman–Crippen LogP) is 2.91. The van der Waals surface area contributed by atoms with Gasteiger partial charge in [0.15, 0.2) is 0 Å². The fraction of sp³-hybridized carbons (Fsp3) is 1.00. The molecule has 0 amide bonds. The lowest BCUT2D eigenvalue weighted by Gasteiger charge is -2.36. The Morgan fingerprint density at radius 2 is 1.36 bits per heavy atom. The molecule has 0 bridgehead atoms. The molecule has 0 fully saturated rings. The normalized spacial score (nSPS) is 12.5. The van der Waals surface area contributed by atoms with Crippen molar-refractivity contribution in [2.45, 2.75) is 52.0 Å². The van der Waals surface area contributed by atoms with E-state index in [1.54, 1.807) is 0 Å². The zero-order valence-electron chi connectivity index (χ0n) is 8.78. The maximum absolute atomic E-state index is 2.36. The second-order valence-corrected chi connectivity index (χ2v) is 3.89. The van der Waals surface area contributed by atoms with Crippen molar-refractivity contribution in [1.82, 2.24) is 4.90 Å². The van der Waals surface area contributed by atoms with E-state index >= 15 is 0 Å². The summed E-state index contributed by atoms with van der Waals surface area (Å²) >= 11 is 0. The first-order chi connectivity index (χ1) is 5.06. The second-order valence-electron chi connectivity index (χ2n) is 3.89. The first-order valence-corrected chi connectivity index (χ1v) is 4.74. The van der Waals surface area contributed by atoms with Crippen LogP contribution in [0.3, 0.4) is 0 Å². The van der Waals surface area contributed by atoms with E-state index in [0.29, 0.717) is 5.54 Å². The van der Waals surface area contributed by atoms with E-state index in [9.17, 15) is 0 Å². The van der Waals surface area contributed by atoms with Crippen LogP contribution in [0, 0.1) is 0 Å². The van der Waals surface area contributed by atoms with Crippen molar-refractivity contribution in [2.24, 2.45) is 0 Å². The largest absolute Gasteiger partial charge is 0.304 e. The molecule has 0 N–H and O–H groups in total. The van der Waals surface area contributed by atoms with Gasteiger partial charge >= 0.3 is 0 Å². The molecular formula is C10H23N. The van der Waals surface area contributed by atoms with Crippen molar-refractivity contribution in [2.75, 3.05) is 14.1 Å². The van der Waals surface area contributed by atoms with Crippen LogP contribution < -0.4 is 0 Å². The summed E-state index contributed by atoms with van der Waals surface area (Å²) in [4.78, 5) is 2.36. The van der Waals surface area contributed by atoms with Crippen molar-refractivity contribution < 1.29 is 0 Å². The lowest BCUT2D eigenvalue weighted by molar-refractivity contribution is 0.145. The van der Waals surface area contributed by atoms with Gasteiger partial charge in [-0.1, -0.05) is 26.7 Å². The lowest BCUT2D eigenvalue weighted by Crippen LogP contribution is -2.40. The van der Waals surface area contributed by atoms with Crippen LogP contribution in [0.4, 0.5) is 0 Å². The molecule has 1 nitrogen and oxygen atoms in total.